The molecular formula is C24H44O4. The SMILES string of the molecule is CCCCC(CC)CCCCCCCCCOC(=O)C1CCC(C(=O)O)CC1. The van der Waals surface area contributed by atoms with E-state index in [2.05, 4.69) is 13.8 Å². The van der Waals surface area contributed by atoms with Gasteiger partial charge in [0.2, 0.25) is 0 Å². The van der Waals surface area contributed by atoms with Crippen molar-refractivity contribution < 1.29 is 19.4 Å². The van der Waals surface area contributed by atoms with Gasteiger partial charge in [0.15, 0.2) is 0 Å². The first-order valence-electron chi connectivity index (χ1n) is 12.0. The first kappa shape index (κ1) is 25.0. The van der Waals surface area contributed by atoms with Crippen LogP contribution in [-0.4, -0.2) is 23.7 Å². The summed E-state index contributed by atoms with van der Waals surface area (Å²) in [6.07, 6.45) is 18.0. The zero-order valence-electron chi connectivity index (χ0n) is 18.4. The van der Waals surface area contributed by atoms with Crippen LogP contribution in [0.15, 0.2) is 0 Å². The molecule has 1 aliphatic carbocycles. The van der Waals surface area contributed by atoms with Gasteiger partial charge in [-0.25, -0.2) is 0 Å². The predicted molar refractivity (Wildman–Crippen MR) is 114 cm³/mol. The largest absolute Gasteiger partial charge is 0.481 e. The van der Waals surface area contributed by atoms with Gasteiger partial charge in [-0.2, -0.15) is 0 Å². The summed E-state index contributed by atoms with van der Waals surface area (Å²) in [5, 5.41) is 9.01. The van der Waals surface area contributed by atoms with Crippen LogP contribution in [-0.2, 0) is 14.3 Å². The number of hydrogen-bond acceptors (Lipinski definition) is 3. The summed E-state index contributed by atoms with van der Waals surface area (Å²) < 4.78 is 5.41. The lowest BCUT2D eigenvalue weighted by Gasteiger charge is -2.24. The summed E-state index contributed by atoms with van der Waals surface area (Å²) in [5.41, 5.74) is 0. The Labute approximate surface area is 172 Å². The summed E-state index contributed by atoms with van der Waals surface area (Å²) in [4.78, 5) is 23.0. The van der Waals surface area contributed by atoms with Crippen molar-refractivity contribution in [2.45, 2.75) is 117 Å². The van der Waals surface area contributed by atoms with Gasteiger partial charge in [0.05, 0.1) is 18.4 Å². The van der Waals surface area contributed by atoms with E-state index < -0.39 is 5.97 Å². The molecule has 0 bridgehead atoms. The topological polar surface area (TPSA) is 63.6 Å². The fourth-order valence-electron chi connectivity index (χ4n) is 4.33. The highest BCUT2D eigenvalue weighted by Gasteiger charge is 2.30. The molecule has 4 nitrogen and oxygen atoms in total. The van der Waals surface area contributed by atoms with Crippen LogP contribution in [0.2, 0.25) is 0 Å². The van der Waals surface area contributed by atoms with Crippen molar-refractivity contribution in [3.8, 4) is 0 Å². The van der Waals surface area contributed by atoms with Crippen LogP contribution in [0.3, 0.4) is 0 Å². The predicted octanol–water partition coefficient (Wildman–Crippen LogP) is 6.76. The molecule has 0 aliphatic heterocycles. The fraction of sp³-hybridized carbons (Fsp3) is 0.917. The highest BCUT2D eigenvalue weighted by molar-refractivity contribution is 5.74. The molecule has 4 heteroatoms. The molecule has 28 heavy (non-hydrogen) atoms. The number of esters is 1. The number of ether oxygens (including phenoxy) is 1. The van der Waals surface area contributed by atoms with Crippen LogP contribution in [0.1, 0.15) is 117 Å². The smallest absolute Gasteiger partial charge is 0.308 e. The first-order chi connectivity index (χ1) is 13.6. The Balaban J connectivity index is 1.91. The molecule has 1 saturated carbocycles. The minimum atomic E-state index is -0.728. The number of aliphatic carboxylic acids is 1. The maximum absolute atomic E-state index is 12.1. The van der Waals surface area contributed by atoms with E-state index in [9.17, 15) is 9.59 Å². The quantitative estimate of drug-likeness (QED) is 0.231. The monoisotopic (exact) mass is 396 g/mol. The Morgan fingerprint density at radius 3 is 1.93 bits per heavy atom. The number of carbonyl (C=O) groups excluding carboxylic acids is 1. The fourth-order valence-corrected chi connectivity index (χ4v) is 4.33. The average Bonchev–Trinajstić information content (AvgIpc) is 2.71. The molecule has 1 N–H and O–H groups in total. The average molecular weight is 397 g/mol. The summed E-state index contributed by atoms with van der Waals surface area (Å²) in [7, 11) is 0. The lowest BCUT2D eigenvalue weighted by atomic mass is 9.82. The number of unbranched alkanes of at least 4 members (excludes halogenated alkanes) is 7. The van der Waals surface area contributed by atoms with Gasteiger partial charge in [-0.1, -0.05) is 84.5 Å². The lowest BCUT2D eigenvalue weighted by Crippen LogP contribution is -2.27. The second kappa shape index (κ2) is 15.8. The van der Waals surface area contributed by atoms with Gasteiger partial charge in [-0.05, 0) is 38.0 Å². The molecule has 0 spiro atoms. The van der Waals surface area contributed by atoms with Crippen molar-refractivity contribution >= 4 is 11.9 Å². The molecule has 0 aromatic carbocycles. The number of rotatable bonds is 16. The van der Waals surface area contributed by atoms with E-state index in [4.69, 9.17) is 9.84 Å². The van der Waals surface area contributed by atoms with Crippen molar-refractivity contribution in [3.63, 3.8) is 0 Å². The van der Waals surface area contributed by atoms with Crippen LogP contribution in [0.4, 0.5) is 0 Å². The van der Waals surface area contributed by atoms with E-state index in [1.165, 1.54) is 64.2 Å². The van der Waals surface area contributed by atoms with Gasteiger partial charge in [0, 0.05) is 0 Å². The molecule has 1 aliphatic rings. The molecule has 0 amide bonds. The van der Waals surface area contributed by atoms with Crippen LogP contribution in [0.5, 0.6) is 0 Å². The highest BCUT2D eigenvalue weighted by Crippen LogP contribution is 2.29. The van der Waals surface area contributed by atoms with Crippen LogP contribution >= 0.6 is 0 Å². The molecule has 0 aromatic rings. The molecule has 0 aromatic heterocycles. The maximum atomic E-state index is 12.1. The van der Waals surface area contributed by atoms with Crippen molar-refractivity contribution in [1.82, 2.24) is 0 Å². The zero-order chi connectivity index (χ0) is 20.6. The molecule has 0 heterocycles. The van der Waals surface area contributed by atoms with Crippen molar-refractivity contribution in [2.24, 2.45) is 17.8 Å². The summed E-state index contributed by atoms with van der Waals surface area (Å²) >= 11 is 0. The molecule has 0 saturated heterocycles. The lowest BCUT2D eigenvalue weighted by molar-refractivity contribution is -0.152. The normalized spacial score (nSPS) is 20.6. The Morgan fingerprint density at radius 1 is 0.821 bits per heavy atom. The summed E-state index contributed by atoms with van der Waals surface area (Å²) in [5.74, 6) is -0.257. The van der Waals surface area contributed by atoms with Gasteiger partial charge in [-0.3, -0.25) is 9.59 Å². The minimum Gasteiger partial charge on any atom is -0.481 e. The van der Waals surface area contributed by atoms with Gasteiger partial charge in [0.1, 0.15) is 0 Å². The zero-order valence-corrected chi connectivity index (χ0v) is 18.4. The highest BCUT2D eigenvalue weighted by atomic mass is 16.5. The van der Waals surface area contributed by atoms with Crippen LogP contribution in [0, 0.1) is 17.8 Å². The molecule has 1 atom stereocenters. The van der Waals surface area contributed by atoms with Gasteiger partial charge in [-0.15, -0.1) is 0 Å². The molecule has 0 radical (unpaired) electrons. The third-order valence-electron chi connectivity index (χ3n) is 6.45. The molecular weight excluding hydrogens is 352 g/mol. The van der Waals surface area contributed by atoms with Gasteiger partial charge >= 0.3 is 11.9 Å². The molecule has 164 valence electrons. The third kappa shape index (κ3) is 11.1. The molecule has 1 rings (SSSR count). The Morgan fingerprint density at radius 2 is 1.36 bits per heavy atom. The first-order valence-corrected chi connectivity index (χ1v) is 12.0. The van der Waals surface area contributed by atoms with E-state index >= 15 is 0 Å². The Kier molecular flexibility index (Phi) is 14.1. The van der Waals surface area contributed by atoms with Gasteiger partial charge in [0.25, 0.3) is 0 Å². The second-order valence-electron chi connectivity index (χ2n) is 8.73. The van der Waals surface area contributed by atoms with Crippen molar-refractivity contribution in [2.75, 3.05) is 6.61 Å². The second-order valence-corrected chi connectivity index (χ2v) is 8.73. The number of carboxylic acid groups (broad SMARTS) is 1. The number of hydrogen-bond donors (Lipinski definition) is 1. The summed E-state index contributed by atoms with van der Waals surface area (Å²) in [6, 6.07) is 0. The Bertz CT molecular complexity index is 413. The van der Waals surface area contributed by atoms with E-state index in [0.717, 1.165) is 18.8 Å². The van der Waals surface area contributed by atoms with E-state index in [0.29, 0.717) is 32.3 Å². The van der Waals surface area contributed by atoms with Crippen molar-refractivity contribution in [3.05, 3.63) is 0 Å². The number of carbonyl (C=O) groups is 2. The van der Waals surface area contributed by atoms with E-state index in [1.54, 1.807) is 0 Å². The van der Waals surface area contributed by atoms with Gasteiger partial charge < -0.3 is 9.84 Å². The third-order valence-corrected chi connectivity index (χ3v) is 6.45. The van der Waals surface area contributed by atoms with Crippen molar-refractivity contribution in [1.29, 1.82) is 0 Å². The minimum absolute atomic E-state index is 0.0835. The number of carboxylic acids is 1. The standard InChI is InChI=1S/C24H44O4/c1-3-5-13-20(4-2)14-11-9-7-6-8-10-12-19-28-24(27)22-17-15-21(16-18-22)23(25)26/h20-22H,3-19H2,1-2H3,(H,25,26). The van der Waals surface area contributed by atoms with E-state index in [-0.39, 0.29) is 17.8 Å². The molecule has 1 unspecified atom stereocenters. The summed E-state index contributed by atoms with van der Waals surface area (Å²) in [6.45, 7) is 5.13. The van der Waals surface area contributed by atoms with Crippen LogP contribution in [0.25, 0.3) is 0 Å². The molecule has 1 fully saturated rings. The maximum Gasteiger partial charge on any atom is 0.308 e. The Hall–Kier alpha value is -1.06. The van der Waals surface area contributed by atoms with Crippen LogP contribution < -0.4 is 0 Å². The van der Waals surface area contributed by atoms with E-state index in [1.807, 2.05) is 0 Å².